The van der Waals surface area contributed by atoms with Gasteiger partial charge in [-0.3, -0.25) is 9.59 Å². The predicted molar refractivity (Wildman–Crippen MR) is 112 cm³/mol. The molecule has 1 aromatic rings. The molecular weight excluding hydrogens is 374 g/mol. The van der Waals surface area contributed by atoms with Gasteiger partial charge in [-0.1, -0.05) is 30.7 Å². The number of nitrogens with one attached hydrogen (secondary N) is 1. The predicted octanol–water partition coefficient (Wildman–Crippen LogP) is 2.97. The monoisotopic (exact) mass is 405 g/mol. The van der Waals surface area contributed by atoms with Crippen LogP contribution in [0.25, 0.3) is 0 Å². The van der Waals surface area contributed by atoms with Gasteiger partial charge in [-0.15, -0.1) is 12.4 Å². The molecule has 2 saturated carbocycles. The largest absolute Gasteiger partial charge is 0.353 e. The smallest absolute Gasteiger partial charge is 0.222 e. The molecule has 0 aromatic heterocycles. The Bertz CT molecular complexity index is 711. The zero-order valence-corrected chi connectivity index (χ0v) is 17.4. The van der Waals surface area contributed by atoms with E-state index in [1.807, 2.05) is 17.0 Å². The summed E-state index contributed by atoms with van der Waals surface area (Å²) in [4.78, 5) is 27.0. The van der Waals surface area contributed by atoms with Crippen LogP contribution in [0.4, 0.5) is 0 Å². The van der Waals surface area contributed by atoms with E-state index in [0.717, 1.165) is 24.8 Å². The summed E-state index contributed by atoms with van der Waals surface area (Å²) >= 11 is 0. The lowest BCUT2D eigenvalue weighted by Gasteiger charge is -2.45. The van der Waals surface area contributed by atoms with Gasteiger partial charge in [0.05, 0.1) is 12.5 Å². The van der Waals surface area contributed by atoms with Crippen LogP contribution in [-0.2, 0) is 16.0 Å². The zero-order chi connectivity index (χ0) is 19.0. The van der Waals surface area contributed by atoms with Crippen molar-refractivity contribution in [1.29, 1.82) is 0 Å². The summed E-state index contributed by atoms with van der Waals surface area (Å²) in [7, 11) is 0. The van der Waals surface area contributed by atoms with Gasteiger partial charge in [0.2, 0.25) is 11.8 Å². The Morgan fingerprint density at radius 2 is 1.86 bits per heavy atom. The third kappa shape index (κ3) is 4.20. The van der Waals surface area contributed by atoms with Crippen LogP contribution >= 0.6 is 12.4 Å². The number of carbonyl (C=O) groups excluding carboxylic acids is 2. The maximum atomic E-state index is 13.0. The average molecular weight is 406 g/mol. The third-order valence-corrected chi connectivity index (χ3v) is 6.90. The lowest BCUT2D eigenvalue weighted by molar-refractivity contribution is -0.133. The molecule has 28 heavy (non-hydrogen) atoms. The highest BCUT2D eigenvalue weighted by atomic mass is 35.5. The van der Waals surface area contributed by atoms with Gasteiger partial charge in [0.1, 0.15) is 0 Å². The van der Waals surface area contributed by atoms with Gasteiger partial charge in [-0.05, 0) is 55.1 Å². The summed E-state index contributed by atoms with van der Waals surface area (Å²) in [6, 6.07) is 8.61. The molecule has 4 rings (SSSR count). The van der Waals surface area contributed by atoms with E-state index in [0.29, 0.717) is 24.8 Å². The summed E-state index contributed by atoms with van der Waals surface area (Å²) in [5.74, 6) is 1.14. The van der Waals surface area contributed by atoms with Crippen LogP contribution < -0.4 is 11.1 Å². The molecule has 5 nitrogen and oxygen atoms in total. The van der Waals surface area contributed by atoms with Crippen LogP contribution in [0, 0.1) is 11.8 Å². The fraction of sp³-hybridized carbons (Fsp3) is 0.636. The molecule has 3 atom stereocenters. The Labute approximate surface area is 173 Å². The molecule has 1 aliphatic heterocycles. The Kier molecular flexibility index (Phi) is 6.66. The highest BCUT2D eigenvalue weighted by Crippen LogP contribution is 2.40. The van der Waals surface area contributed by atoms with Crippen molar-refractivity contribution >= 4 is 24.2 Å². The molecule has 2 amide bonds. The number of nitrogens with two attached hydrogens (primary N) is 1. The first kappa shape index (κ1) is 21.1. The molecule has 2 bridgehead atoms. The molecule has 0 saturated heterocycles. The summed E-state index contributed by atoms with van der Waals surface area (Å²) in [5, 5.41) is 3.35. The summed E-state index contributed by atoms with van der Waals surface area (Å²) in [5.41, 5.74) is 8.60. The molecule has 1 aromatic carbocycles. The maximum Gasteiger partial charge on any atom is 0.222 e. The van der Waals surface area contributed by atoms with Gasteiger partial charge in [0.15, 0.2) is 0 Å². The number of carbonyl (C=O) groups is 2. The van der Waals surface area contributed by atoms with E-state index < -0.39 is 0 Å². The van der Waals surface area contributed by atoms with Crippen molar-refractivity contribution in [2.75, 3.05) is 6.54 Å². The van der Waals surface area contributed by atoms with E-state index >= 15 is 0 Å². The van der Waals surface area contributed by atoms with E-state index in [1.54, 1.807) is 6.92 Å². The first-order chi connectivity index (χ1) is 13.0. The lowest BCUT2D eigenvalue weighted by Crippen LogP contribution is -2.54. The van der Waals surface area contributed by atoms with Crippen molar-refractivity contribution in [3.63, 3.8) is 0 Å². The number of halogens is 1. The normalized spacial score (nSPS) is 31.4. The van der Waals surface area contributed by atoms with Gasteiger partial charge in [-0.25, -0.2) is 0 Å². The molecule has 6 heteroatoms. The summed E-state index contributed by atoms with van der Waals surface area (Å²) in [6.45, 7) is 2.29. The van der Waals surface area contributed by atoms with Gasteiger partial charge in [0, 0.05) is 25.6 Å². The highest BCUT2D eigenvalue weighted by Gasteiger charge is 2.40. The second kappa shape index (κ2) is 8.83. The van der Waals surface area contributed by atoms with E-state index in [-0.39, 0.29) is 42.3 Å². The minimum Gasteiger partial charge on any atom is -0.353 e. The Morgan fingerprint density at radius 1 is 1.18 bits per heavy atom. The molecule has 0 radical (unpaired) electrons. The van der Waals surface area contributed by atoms with Gasteiger partial charge >= 0.3 is 0 Å². The summed E-state index contributed by atoms with van der Waals surface area (Å²) in [6.07, 6.45) is 6.84. The molecule has 1 heterocycles. The molecule has 3 unspecified atom stereocenters. The Hall–Kier alpha value is -1.59. The molecule has 0 spiro atoms. The maximum absolute atomic E-state index is 13.0. The van der Waals surface area contributed by atoms with Crippen LogP contribution in [0.5, 0.6) is 0 Å². The Morgan fingerprint density at radius 3 is 2.54 bits per heavy atom. The number of hydrogen-bond acceptors (Lipinski definition) is 3. The lowest BCUT2D eigenvalue weighted by atomic mass is 9.67. The molecular formula is C22H32ClN3O2. The van der Waals surface area contributed by atoms with E-state index in [2.05, 4.69) is 17.4 Å². The topological polar surface area (TPSA) is 75.4 Å². The third-order valence-electron chi connectivity index (χ3n) is 6.90. The second-order valence-corrected chi connectivity index (χ2v) is 8.66. The number of rotatable bonds is 3. The van der Waals surface area contributed by atoms with Gasteiger partial charge in [-0.2, -0.15) is 0 Å². The molecule has 3 N–H and O–H groups in total. The van der Waals surface area contributed by atoms with Crippen molar-refractivity contribution in [3.05, 3.63) is 35.4 Å². The number of fused-ring (bicyclic) bond motifs is 3. The van der Waals surface area contributed by atoms with Gasteiger partial charge in [0.25, 0.3) is 0 Å². The fourth-order valence-corrected chi connectivity index (χ4v) is 5.69. The van der Waals surface area contributed by atoms with Crippen LogP contribution in [-0.4, -0.2) is 35.3 Å². The van der Waals surface area contributed by atoms with Crippen LogP contribution in [0.15, 0.2) is 24.3 Å². The highest BCUT2D eigenvalue weighted by molar-refractivity contribution is 5.85. The minimum atomic E-state index is -0.155. The number of nitrogens with zero attached hydrogens (tertiary/aromatic N) is 1. The Balaban J connectivity index is 0.00000225. The quantitative estimate of drug-likeness (QED) is 0.811. The zero-order valence-electron chi connectivity index (χ0n) is 16.6. The van der Waals surface area contributed by atoms with Crippen LogP contribution in [0.2, 0.25) is 0 Å². The van der Waals surface area contributed by atoms with E-state index in [9.17, 15) is 9.59 Å². The van der Waals surface area contributed by atoms with Crippen molar-refractivity contribution < 1.29 is 9.59 Å². The first-order valence-electron chi connectivity index (χ1n) is 10.4. The van der Waals surface area contributed by atoms with E-state index in [1.165, 1.54) is 24.8 Å². The number of amides is 2. The first-order valence-corrected chi connectivity index (χ1v) is 10.4. The van der Waals surface area contributed by atoms with Gasteiger partial charge < -0.3 is 16.0 Å². The number of benzene rings is 1. The second-order valence-electron chi connectivity index (χ2n) is 8.66. The molecule has 3 aliphatic rings. The fourth-order valence-electron chi connectivity index (χ4n) is 5.69. The summed E-state index contributed by atoms with van der Waals surface area (Å²) < 4.78 is 0. The minimum absolute atomic E-state index is 0. The standard InChI is InChI=1S/C22H31N3O2.ClH/c1-14(26)25-10-9-15-5-2-3-8-19(15)20(25)13-21(27)24-22-16-6-4-7-17(22)12-18(23)11-16;/h2-3,5,8,16-18,20,22H,4,6-7,9-13,23H2,1H3,(H,24,27);1H. The molecule has 154 valence electrons. The SMILES string of the molecule is CC(=O)N1CCc2ccccc2C1CC(=O)NC1C2CCCC1CC(N)C2.Cl. The van der Waals surface area contributed by atoms with Crippen LogP contribution in [0.3, 0.4) is 0 Å². The number of hydrogen-bond donors (Lipinski definition) is 2. The molecule has 2 aliphatic carbocycles. The average Bonchev–Trinajstić information content (AvgIpc) is 2.62. The molecule has 2 fully saturated rings. The van der Waals surface area contributed by atoms with Crippen molar-refractivity contribution in [2.24, 2.45) is 17.6 Å². The van der Waals surface area contributed by atoms with Crippen LogP contribution in [0.1, 0.15) is 62.6 Å². The van der Waals surface area contributed by atoms with E-state index in [4.69, 9.17) is 5.73 Å². The van der Waals surface area contributed by atoms with Crippen molar-refractivity contribution in [2.45, 2.75) is 70.0 Å². The van der Waals surface area contributed by atoms with Crippen molar-refractivity contribution in [1.82, 2.24) is 10.2 Å². The van der Waals surface area contributed by atoms with Crippen molar-refractivity contribution in [3.8, 4) is 0 Å².